The Kier molecular flexibility index (Phi) is 4.37. The predicted molar refractivity (Wildman–Crippen MR) is 79.2 cm³/mol. The molecule has 4 nitrogen and oxygen atoms in total. The van der Waals surface area contributed by atoms with Gasteiger partial charge in [-0.1, -0.05) is 35.8 Å². The van der Waals surface area contributed by atoms with E-state index in [2.05, 4.69) is 45.3 Å². The topological polar surface area (TPSA) is 57.8 Å². The fraction of sp³-hybridized carbons (Fsp3) is 0.286. The van der Waals surface area contributed by atoms with E-state index in [4.69, 9.17) is 0 Å². The molecule has 2 N–H and O–H groups in total. The van der Waals surface area contributed by atoms with Crippen molar-refractivity contribution in [3.63, 3.8) is 0 Å². The summed E-state index contributed by atoms with van der Waals surface area (Å²) in [6.45, 7) is 4.25. The lowest BCUT2D eigenvalue weighted by Crippen LogP contribution is -2.12. The lowest BCUT2D eigenvalue weighted by molar-refractivity contribution is 0.102. The molecule has 0 bridgehead atoms. The molecule has 1 heterocycles. The first-order valence-electron chi connectivity index (χ1n) is 6.16. The molecular formula is C14H16BrN3O. The highest BCUT2D eigenvalue weighted by atomic mass is 79.9. The molecule has 0 fully saturated rings. The summed E-state index contributed by atoms with van der Waals surface area (Å²) in [6, 6.07) is 9.26. The van der Waals surface area contributed by atoms with Crippen LogP contribution in [0.5, 0.6) is 0 Å². The summed E-state index contributed by atoms with van der Waals surface area (Å²) in [6.07, 6.45) is 0.886. The van der Waals surface area contributed by atoms with Crippen LogP contribution in [0.15, 0.2) is 34.8 Å². The molecule has 0 radical (unpaired) electrons. The van der Waals surface area contributed by atoms with Gasteiger partial charge in [0.2, 0.25) is 0 Å². The average Bonchev–Trinajstić information content (AvgIpc) is 2.76. The molecule has 0 unspecified atom stereocenters. The van der Waals surface area contributed by atoms with Crippen molar-refractivity contribution in [1.82, 2.24) is 10.2 Å². The molecule has 0 spiro atoms. The average molecular weight is 322 g/mol. The van der Waals surface area contributed by atoms with E-state index >= 15 is 0 Å². The number of nitrogens with one attached hydrogen (secondary N) is 2. The number of halogens is 1. The third-order valence-corrected chi connectivity index (χ3v) is 3.07. The molecule has 2 aromatic rings. The lowest BCUT2D eigenvalue weighted by atomic mass is 10.1. The molecule has 100 valence electrons. The Hall–Kier alpha value is -1.62. The first kappa shape index (κ1) is 13.8. The van der Waals surface area contributed by atoms with Gasteiger partial charge in [0, 0.05) is 15.9 Å². The second-order valence-corrected chi connectivity index (χ2v) is 5.76. The number of hydrogen-bond donors (Lipinski definition) is 2. The Morgan fingerprint density at radius 3 is 2.89 bits per heavy atom. The zero-order chi connectivity index (χ0) is 13.8. The number of anilines is 1. The molecule has 1 aromatic heterocycles. The molecule has 0 aliphatic carbocycles. The zero-order valence-electron chi connectivity index (χ0n) is 10.9. The van der Waals surface area contributed by atoms with Crippen molar-refractivity contribution in [3.05, 3.63) is 46.2 Å². The Labute approximate surface area is 120 Å². The van der Waals surface area contributed by atoms with Crippen molar-refractivity contribution in [2.45, 2.75) is 20.3 Å². The van der Waals surface area contributed by atoms with Crippen LogP contribution in [0.4, 0.5) is 5.69 Å². The second-order valence-electron chi connectivity index (χ2n) is 4.84. The standard InChI is InChI=1S/C14H16BrN3O/c1-9(2)6-12-8-13(18-17-12)14(19)16-11-5-3-4-10(15)7-11/h3-5,7-9H,6H2,1-2H3,(H,16,19)(H,17,18). The number of amides is 1. The molecule has 0 atom stereocenters. The molecule has 1 aromatic carbocycles. The van der Waals surface area contributed by atoms with Crippen LogP contribution in [0.2, 0.25) is 0 Å². The maximum Gasteiger partial charge on any atom is 0.276 e. The maximum absolute atomic E-state index is 12.0. The SMILES string of the molecule is CC(C)Cc1cc(C(=O)Nc2cccc(Br)c2)n[nH]1. The van der Waals surface area contributed by atoms with Gasteiger partial charge in [0.15, 0.2) is 5.69 Å². The Balaban J connectivity index is 2.05. The lowest BCUT2D eigenvalue weighted by Gasteiger charge is -2.03. The predicted octanol–water partition coefficient (Wildman–Crippen LogP) is 3.62. The van der Waals surface area contributed by atoms with Crippen molar-refractivity contribution in [1.29, 1.82) is 0 Å². The van der Waals surface area contributed by atoms with Crippen LogP contribution >= 0.6 is 15.9 Å². The fourth-order valence-corrected chi connectivity index (χ4v) is 2.18. The molecule has 0 aliphatic heterocycles. The van der Waals surface area contributed by atoms with Gasteiger partial charge >= 0.3 is 0 Å². The van der Waals surface area contributed by atoms with E-state index in [0.717, 1.165) is 22.3 Å². The largest absolute Gasteiger partial charge is 0.321 e. The van der Waals surface area contributed by atoms with E-state index in [1.54, 1.807) is 6.07 Å². The molecule has 0 aliphatic rings. The minimum absolute atomic E-state index is 0.204. The van der Waals surface area contributed by atoms with Crippen LogP contribution in [-0.4, -0.2) is 16.1 Å². The molecule has 19 heavy (non-hydrogen) atoms. The van der Waals surface area contributed by atoms with Crippen LogP contribution in [0.1, 0.15) is 30.0 Å². The van der Waals surface area contributed by atoms with E-state index < -0.39 is 0 Å². The van der Waals surface area contributed by atoms with Gasteiger partial charge in [-0.25, -0.2) is 0 Å². The van der Waals surface area contributed by atoms with Crippen molar-refractivity contribution in [3.8, 4) is 0 Å². The number of rotatable bonds is 4. The molecule has 0 saturated carbocycles. The summed E-state index contributed by atoms with van der Waals surface area (Å²) < 4.78 is 0.924. The van der Waals surface area contributed by atoms with Crippen LogP contribution in [0, 0.1) is 5.92 Å². The summed E-state index contributed by atoms with van der Waals surface area (Å²) >= 11 is 3.37. The first-order valence-corrected chi connectivity index (χ1v) is 6.95. The molecule has 1 amide bonds. The van der Waals surface area contributed by atoms with Gasteiger partial charge < -0.3 is 5.32 Å². The monoisotopic (exact) mass is 321 g/mol. The quantitative estimate of drug-likeness (QED) is 0.903. The molecule has 0 saturated heterocycles. The van der Waals surface area contributed by atoms with Crippen molar-refractivity contribution >= 4 is 27.5 Å². The number of aromatic nitrogens is 2. The van der Waals surface area contributed by atoms with Crippen molar-refractivity contribution < 1.29 is 4.79 Å². The molecular weight excluding hydrogens is 306 g/mol. The van der Waals surface area contributed by atoms with E-state index in [1.165, 1.54) is 0 Å². The Morgan fingerprint density at radius 2 is 2.21 bits per heavy atom. The number of benzene rings is 1. The minimum Gasteiger partial charge on any atom is -0.321 e. The van der Waals surface area contributed by atoms with Gasteiger partial charge in [-0.3, -0.25) is 9.89 Å². The third kappa shape index (κ3) is 3.92. The van der Waals surface area contributed by atoms with Gasteiger partial charge in [0.25, 0.3) is 5.91 Å². The highest BCUT2D eigenvalue weighted by Gasteiger charge is 2.11. The van der Waals surface area contributed by atoms with Gasteiger partial charge in [0.05, 0.1) is 0 Å². The third-order valence-electron chi connectivity index (χ3n) is 2.57. The van der Waals surface area contributed by atoms with Crippen LogP contribution in [0.3, 0.4) is 0 Å². The van der Waals surface area contributed by atoms with Gasteiger partial charge in [-0.2, -0.15) is 5.10 Å². The smallest absolute Gasteiger partial charge is 0.276 e. The molecule has 5 heteroatoms. The molecule has 2 rings (SSSR count). The number of aromatic amines is 1. The fourth-order valence-electron chi connectivity index (χ4n) is 1.78. The van der Waals surface area contributed by atoms with E-state index in [1.807, 2.05) is 24.3 Å². The van der Waals surface area contributed by atoms with Crippen LogP contribution in [-0.2, 0) is 6.42 Å². The summed E-state index contributed by atoms with van der Waals surface area (Å²) in [5.41, 5.74) is 2.14. The van der Waals surface area contributed by atoms with Gasteiger partial charge in [0.1, 0.15) is 0 Å². The summed E-state index contributed by atoms with van der Waals surface area (Å²) in [4.78, 5) is 12.0. The van der Waals surface area contributed by atoms with Crippen LogP contribution < -0.4 is 5.32 Å². The number of hydrogen-bond acceptors (Lipinski definition) is 2. The first-order chi connectivity index (χ1) is 9.04. The van der Waals surface area contributed by atoms with Crippen LogP contribution in [0.25, 0.3) is 0 Å². The van der Waals surface area contributed by atoms with Gasteiger partial charge in [-0.15, -0.1) is 0 Å². The number of H-pyrrole nitrogens is 1. The normalized spacial score (nSPS) is 10.7. The van der Waals surface area contributed by atoms with E-state index in [0.29, 0.717) is 11.6 Å². The highest BCUT2D eigenvalue weighted by molar-refractivity contribution is 9.10. The Morgan fingerprint density at radius 1 is 1.42 bits per heavy atom. The van der Waals surface area contributed by atoms with Gasteiger partial charge in [-0.05, 0) is 36.6 Å². The maximum atomic E-state index is 12.0. The summed E-state index contributed by atoms with van der Waals surface area (Å²) in [7, 11) is 0. The number of carbonyl (C=O) groups is 1. The zero-order valence-corrected chi connectivity index (χ0v) is 12.5. The summed E-state index contributed by atoms with van der Waals surface area (Å²) in [5.74, 6) is 0.325. The number of nitrogens with zero attached hydrogens (tertiary/aromatic N) is 1. The van der Waals surface area contributed by atoms with Crippen molar-refractivity contribution in [2.24, 2.45) is 5.92 Å². The van der Waals surface area contributed by atoms with E-state index in [9.17, 15) is 4.79 Å². The number of carbonyl (C=O) groups excluding carboxylic acids is 1. The highest BCUT2D eigenvalue weighted by Crippen LogP contribution is 2.16. The summed E-state index contributed by atoms with van der Waals surface area (Å²) in [5, 5.41) is 9.75. The van der Waals surface area contributed by atoms with Crippen molar-refractivity contribution in [2.75, 3.05) is 5.32 Å². The minimum atomic E-state index is -0.204. The second kappa shape index (κ2) is 6.02. The Bertz CT molecular complexity index is 578. The van der Waals surface area contributed by atoms with E-state index in [-0.39, 0.29) is 5.91 Å².